The molecule has 0 radical (unpaired) electrons. The summed E-state index contributed by atoms with van der Waals surface area (Å²) in [7, 11) is 2.14. The van der Waals surface area contributed by atoms with Crippen molar-refractivity contribution in [3.05, 3.63) is 35.9 Å². The van der Waals surface area contributed by atoms with Gasteiger partial charge in [0.2, 0.25) is 0 Å². The quantitative estimate of drug-likeness (QED) is 0.795. The zero-order valence-corrected chi connectivity index (χ0v) is 14.6. The molecule has 0 bridgehead atoms. The number of rotatable bonds is 4. The molecule has 3 atom stereocenters. The number of benzene rings is 1. The van der Waals surface area contributed by atoms with Gasteiger partial charge in [0.25, 0.3) is 0 Å². The van der Waals surface area contributed by atoms with Gasteiger partial charge in [0.1, 0.15) is 6.10 Å². The molecule has 3 heteroatoms. The standard InChI is InChI=1S/C20H29NO2/c1-15-14-21(3)13-12-18(15)23-19(22)20(2,17-10-7-11-17)16-8-5-4-6-9-16/h4-6,8-9,15,17-18H,7,10-14H2,1-3H3. The number of piperidine rings is 1. The Morgan fingerprint density at radius 1 is 1.22 bits per heavy atom. The molecule has 1 aromatic rings. The first-order valence-electron chi connectivity index (χ1n) is 8.97. The predicted octanol–water partition coefficient (Wildman–Crippen LogP) is 3.63. The van der Waals surface area contributed by atoms with Crippen molar-refractivity contribution in [1.82, 2.24) is 4.90 Å². The minimum absolute atomic E-state index is 0.0187. The van der Waals surface area contributed by atoms with Crippen molar-refractivity contribution >= 4 is 5.97 Å². The highest BCUT2D eigenvalue weighted by molar-refractivity contribution is 5.83. The Kier molecular flexibility index (Phi) is 4.77. The Morgan fingerprint density at radius 2 is 1.91 bits per heavy atom. The first-order chi connectivity index (χ1) is 11.0. The summed E-state index contributed by atoms with van der Waals surface area (Å²) in [6, 6.07) is 10.2. The van der Waals surface area contributed by atoms with Gasteiger partial charge in [-0.1, -0.05) is 43.7 Å². The average Bonchev–Trinajstić information content (AvgIpc) is 2.49. The van der Waals surface area contributed by atoms with E-state index in [2.05, 4.69) is 37.9 Å². The second-order valence-electron chi connectivity index (χ2n) is 7.67. The van der Waals surface area contributed by atoms with Gasteiger partial charge in [-0.05, 0) is 44.7 Å². The number of esters is 1. The maximum Gasteiger partial charge on any atom is 0.316 e. The highest BCUT2D eigenvalue weighted by Gasteiger charge is 2.47. The van der Waals surface area contributed by atoms with Crippen LogP contribution in [0, 0.1) is 11.8 Å². The fourth-order valence-corrected chi connectivity index (χ4v) is 4.06. The second kappa shape index (κ2) is 6.64. The minimum atomic E-state index is -0.497. The first kappa shape index (κ1) is 16.5. The van der Waals surface area contributed by atoms with Crippen LogP contribution in [0.1, 0.15) is 45.1 Å². The third kappa shape index (κ3) is 3.16. The van der Waals surface area contributed by atoms with E-state index in [0.29, 0.717) is 11.8 Å². The van der Waals surface area contributed by atoms with Crippen LogP contribution >= 0.6 is 0 Å². The molecule has 3 unspecified atom stereocenters. The molecule has 1 saturated heterocycles. The smallest absolute Gasteiger partial charge is 0.316 e. The maximum atomic E-state index is 13.2. The van der Waals surface area contributed by atoms with Gasteiger partial charge < -0.3 is 9.64 Å². The number of hydrogen-bond acceptors (Lipinski definition) is 3. The van der Waals surface area contributed by atoms with Crippen molar-refractivity contribution in [3.8, 4) is 0 Å². The zero-order chi connectivity index (χ0) is 16.4. The molecule has 3 nitrogen and oxygen atoms in total. The third-order valence-corrected chi connectivity index (χ3v) is 6.01. The Morgan fingerprint density at radius 3 is 2.48 bits per heavy atom. The van der Waals surface area contributed by atoms with Crippen molar-refractivity contribution < 1.29 is 9.53 Å². The van der Waals surface area contributed by atoms with Crippen molar-refractivity contribution in [3.63, 3.8) is 0 Å². The Bertz CT molecular complexity index is 540. The molecule has 1 aliphatic carbocycles. The van der Waals surface area contributed by atoms with Gasteiger partial charge in [-0.2, -0.15) is 0 Å². The summed E-state index contributed by atoms with van der Waals surface area (Å²) in [6.07, 6.45) is 4.48. The Balaban J connectivity index is 1.79. The van der Waals surface area contributed by atoms with E-state index in [1.54, 1.807) is 0 Å². The number of ether oxygens (including phenoxy) is 1. The summed E-state index contributed by atoms with van der Waals surface area (Å²) in [5.74, 6) is 0.799. The summed E-state index contributed by atoms with van der Waals surface area (Å²) in [5, 5.41) is 0. The average molecular weight is 315 g/mol. The fourth-order valence-electron chi connectivity index (χ4n) is 4.06. The van der Waals surface area contributed by atoms with E-state index in [4.69, 9.17) is 4.74 Å². The fraction of sp³-hybridized carbons (Fsp3) is 0.650. The number of likely N-dealkylation sites (tertiary alicyclic amines) is 1. The molecule has 0 amide bonds. The van der Waals surface area contributed by atoms with Crippen LogP contribution in [-0.2, 0) is 14.9 Å². The molecule has 1 aromatic carbocycles. The van der Waals surface area contributed by atoms with Crippen LogP contribution in [0.5, 0.6) is 0 Å². The molecule has 0 N–H and O–H groups in total. The zero-order valence-electron chi connectivity index (χ0n) is 14.6. The third-order valence-electron chi connectivity index (χ3n) is 6.01. The van der Waals surface area contributed by atoms with Gasteiger partial charge in [-0.3, -0.25) is 4.79 Å². The molecule has 23 heavy (non-hydrogen) atoms. The van der Waals surface area contributed by atoms with Crippen LogP contribution in [0.15, 0.2) is 30.3 Å². The van der Waals surface area contributed by atoms with Crippen molar-refractivity contribution in [1.29, 1.82) is 0 Å². The molecule has 1 saturated carbocycles. The number of carbonyl (C=O) groups is 1. The lowest BCUT2D eigenvalue weighted by molar-refractivity contribution is -0.164. The predicted molar refractivity (Wildman–Crippen MR) is 92.3 cm³/mol. The van der Waals surface area contributed by atoms with E-state index < -0.39 is 5.41 Å². The molecule has 2 aliphatic rings. The van der Waals surface area contributed by atoms with Gasteiger partial charge in [-0.15, -0.1) is 0 Å². The van der Waals surface area contributed by atoms with E-state index >= 15 is 0 Å². The van der Waals surface area contributed by atoms with Crippen LogP contribution in [0.25, 0.3) is 0 Å². The molecule has 1 aliphatic heterocycles. The van der Waals surface area contributed by atoms with Crippen LogP contribution in [-0.4, -0.2) is 37.1 Å². The molecular formula is C20H29NO2. The second-order valence-corrected chi connectivity index (χ2v) is 7.67. The summed E-state index contributed by atoms with van der Waals surface area (Å²) < 4.78 is 6.06. The van der Waals surface area contributed by atoms with Crippen LogP contribution in [0.3, 0.4) is 0 Å². The van der Waals surface area contributed by atoms with Crippen LogP contribution in [0.4, 0.5) is 0 Å². The lowest BCUT2D eigenvalue weighted by atomic mass is 9.63. The maximum absolute atomic E-state index is 13.2. The molecule has 126 valence electrons. The summed E-state index contributed by atoms with van der Waals surface area (Å²) >= 11 is 0. The summed E-state index contributed by atoms with van der Waals surface area (Å²) in [4.78, 5) is 15.5. The van der Waals surface area contributed by atoms with Crippen molar-refractivity contribution in [2.45, 2.75) is 51.0 Å². The van der Waals surface area contributed by atoms with Gasteiger partial charge in [-0.25, -0.2) is 0 Å². The van der Waals surface area contributed by atoms with Crippen LogP contribution < -0.4 is 0 Å². The Labute approximate surface area is 140 Å². The first-order valence-corrected chi connectivity index (χ1v) is 8.97. The highest BCUT2D eigenvalue weighted by atomic mass is 16.5. The summed E-state index contributed by atoms with van der Waals surface area (Å²) in [6.45, 7) is 6.29. The molecule has 1 heterocycles. The summed E-state index contributed by atoms with van der Waals surface area (Å²) in [5.41, 5.74) is 0.609. The number of carbonyl (C=O) groups excluding carboxylic acids is 1. The molecule has 0 spiro atoms. The molecular weight excluding hydrogens is 286 g/mol. The number of nitrogens with zero attached hydrogens (tertiary/aromatic N) is 1. The van der Waals surface area contributed by atoms with Gasteiger partial charge >= 0.3 is 5.97 Å². The lowest BCUT2D eigenvalue weighted by Crippen LogP contribution is -2.48. The van der Waals surface area contributed by atoms with Crippen LogP contribution in [0.2, 0.25) is 0 Å². The van der Waals surface area contributed by atoms with E-state index in [0.717, 1.165) is 37.9 Å². The largest absolute Gasteiger partial charge is 0.461 e. The highest BCUT2D eigenvalue weighted by Crippen LogP contribution is 2.45. The molecule has 0 aromatic heterocycles. The van der Waals surface area contributed by atoms with Gasteiger partial charge in [0.15, 0.2) is 0 Å². The normalized spacial score (nSPS) is 28.7. The van der Waals surface area contributed by atoms with Crippen molar-refractivity contribution in [2.75, 3.05) is 20.1 Å². The van der Waals surface area contributed by atoms with E-state index in [1.165, 1.54) is 6.42 Å². The van der Waals surface area contributed by atoms with Crippen molar-refractivity contribution in [2.24, 2.45) is 11.8 Å². The van der Waals surface area contributed by atoms with E-state index in [9.17, 15) is 4.79 Å². The van der Waals surface area contributed by atoms with E-state index in [1.807, 2.05) is 18.2 Å². The molecule has 2 fully saturated rings. The SMILES string of the molecule is CC1CN(C)CCC1OC(=O)C(C)(c1ccccc1)C1CCC1. The topological polar surface area (TPSA) is 29.5 Å². The lowest BCUT2D eigenvalue weighted by Gasteiger charge is -2.43. The Hall–Kier alpha value is -1.35. The van der Waals surface area contributed by atoms with Gasteiger partial charge in [0, 0.05) is 19.0 Å². The minimum Gasteiger partial charge on any atom is -0.461 e. The number of hydrogen-bond donors (Lipinski definition) is 0. The van der Waals surface area contributed by atoms with E-state index in [-0.39, 0.29) is 12.1 Å². The van der Waals surface area contributed by atoms with Gasteiger partial charge in [0.05, 0.1) is 5.41 Å². The monoisotopic (exact) mass is 315 g/mol. The molecule has 3 rings (SSSR count).